The third kappa shape index (κ3) is 11.8. The van der Waals surface area contributed by atoms with Gasteiger partial charge in [0.1, 0.15) is 41.8 Å². The first-order valence-electron chi connectivity index (χ1n) is 15.8. The SMILES string of the molecule is COC(=O)CNC(=O)[C@H](CSN=O)NC(=O)CC[C@H](NC(=O)CCCC[P+](c1ccccc1)(c1ccccc1)c1ccccc1)C(=O)OC. The second-order valence-electron chi connectivity index (χ2n) is 11.0. The molecule has 14 heteroatoms. The van der Waals surface area contributed by atoms with Crippen LogP contribution >= 0.6 is 19.2 Å². The molecule has 12 nitrogen and oxygen atoms in total. The number of nitroso groups, excluding NO2 is 1. The fourth-order valence-corrected chi connectivity index (χ4v) is 10.2. The lowest BCUT2D eigenvalue weighted by atomic mass is 10.1. The van der Waals surface area contributed by atoms with Crippen molar-refractivity contribution in [1.82, 2.24) is 16.0 Å². The van der Waals surface area contributed by atoms with Gasteiger partial charge in [-0.2, -0.15) is 0 Å². The molecule has 0 radical (unpaired) electrons. The van der Waals surface area contributed by atoms with Gasteiger partial charge < -0.3 is 25.4 Å². The number of esters is 2. The maximum Gasteiger partial charge on any atom is 0.328 e. The van der Waals surface area contributed by atoms with Crippen LogP contribution in [0.1, 0.15) is 32.1 Å². The van der Waals surface area contributed by atoms with E-state index in [0.29, 0.717) is 18.4 Å². The summed E-state index contributed by atoms with van der Waals surface area (Å²) in [6.45, 7) is -0.426. The summed E-state index contributed by atoms with van der Waals surface area (Å²) in [5, 5.41) is 11.2. The van der Waals surface area contributed by atoms with Crippen molar-refractivity contribution < 1.29 is 33.4 Å². The highest BCUT2D eigenvalue weighted by Crippen LogP contribution is 2.55. The number of carbonyl (C=O) groups excluding carboxylic acids is 5. The van der Waals surface area contributed by atoms with Crippen LogP contribution in [0, 0.1) is 4.91 Å². The Morgan fingerprint density at radius 3 is 1.71 bits per heavy atom. The number of amides is 3. The van der Waals surface area contributed by atoms with Gasteiger partial charge in [-0.25, -0.2) is 4.79 Å². The van der Waals surface area contributed by atoms with E-state index < -0.39 is 49.6 Å². The van der Waals surface area contributed by atoms with Crippen LogP contribution in [0.2, 0.25) is 0 Å². The smallest absolute Gasteiger partial charge is 0.328 e. The lowest BCUT2D eigenvalue weighted by Gasteiger charge is -2.27. The standard InChI is InChI=1S/C35H41N4O8PS/c1-46-33(42)24-36-34(43)30(25-49-39-45)38-32(41)22-21-29(35(44)47-2)37-31(40)20-12-13-23-48(26-14-6-3-7-15-26,27-16-8-4-9-17-27)28-18-10-5-11-19-28/h3-11,14-19,29-30H,12-13,20-25H2,1-2H3,(H2-,36,37,38,40,41,43)/p+1/t29-,30-/m0/s1. The van der Waals surface area contributed by atoms with Crippen molar-refractivity contribution in [3.63, 3.8) is 0 Å². The van der Waals surface area contributed by atoms with E-state index in [2.05, 4.69) is 98.1 Å². The first kappa shape index (κ1) is 38.8. The maximum atomic E-state index is 13.0. The largest absolute Gasteiger partial charge is 0.468 e. The summed E-state index contributed by atoms with van der Waals surface area (Å²) in [7, 11) is 0.299. The number of rotatable bonds is 20. The second kappa shape index (κ2) is 20.7. The Labute approximate surface area is 290 Å². The van der Waals surface area contributed by atoms with E-state index in [4.69, 9.17) is 4.74 Å². The first-order chi connectivity index (χ1) is 23.7. The van der Waals surface area contributed by atoms with Gasteiger partial charge >= 0.3 is 11.9 Å². The number of nitrogens with one attached hydrogen (secondary N) is 3. The minimum atomic E-state index is -2.05. The van der Waals surface area contributed by atoms with E-state index in [9.17, 15) is 28.9 Å². The normalized spacial score (nSPS) is 12.1. The second-order valence-corrected chi connectivity index (χ2v) is 15.3. The third-order valence-electron chi connectivity index (χ3n) is 7.80. The summed E-state index contributed by atoms with van der Waals surface area (Å²) in [5.41, 5.74) is 0. The highest BCUT2D eigenvalue weighted by Gasteiger charge is 2.44. The zero-order valence-corrected chi connectivity index (χ0v) is 29.3. The van der Waals surface area contributed by atoms with Crippen LogP contribution in [-0.4, -0.2) is 74.4 Å². The van der Waals surface area contributed by atoms with E-state index in [1.165, 1.54) is 23.0 Å². The summed E-state index contributed by atoms with van der Waals surface area (Å²) in [6, 6.07) is 29.1. The number of methoxy groups -OCH3 is 2. The van der Waals surface area contributed by atoms with Crippen LogP contribution in [0.25, 0.3) is 0 Å². The minimum Gasteiger partial charge on any atom is -0.468 e. The Kier molecular flexibility index (Phi) is 16.4. The summed E-state index contributed by atoms with van der Waals surface area (Å²) in [4.78, 5) is 72.7. The fraction of sp³-hybridized carbons (Fsp3) is 0.343. The van der Waals surface area contributed by atoms with Crippen molar-refractivity contribution in [2.24, 2.45) is 4.58 Å². The molecule has 0 saturated carbocycles. The number of unbranched alkanes of at least 4 members (excludes halogenated alkanes) is 1. The van der Waals surface area contributed by atoms with Crippen molar-refractivity contribution in [2.75, 3.05) is 32.7 Å². The molecule has 0 saturated heterocycles. The molecular formula is C35H42N4O8PS+. The number of benzene rings is 3. The van der Waals surface area contributed by atoms with Gasteiger partial charge in [0.05, 0.1) is 20.4 Å². The van der Waals surface area contributed by atoms with Crippen LogP contribution in [0.3, 0.4) is 0 Å². The Morgan fingerprint density at radius 1 is 0.714 bits per heavy atom. The Bertz CT molecular complexity index is 1440. The molecule has 0 spiro atoms. The Morgan fingerprint density at radius 2 is 1.22 bits per heavy atom. The van der Waals surface area contributed by atoms with Crippen molar-refractivity contribution >= 4 is 64.8 Å². The van der Waals surface area contributed by atoms with E-state index in [-0.39, 0.29) is 30.9 Å². The predicted molar refractivity (Wildman–Crippen MR) is 192 cm³/mol. The summed E-state index contributed by atoms with van der Waals surface area (Å²) >= 11 is 0.523. The number of hydrogen-bond acceptors (Lipinski definition) is 10. The summed E-state index contributed by atoms with van der Waals surface area (Å²) in [6.07, 6.45) is 1.99. The first-order valence-corrected chi connectivity index (χ1v) is 18.7. The average molecular weight is 710 g/mol. The van der Waals surface area contributed by atoms with E-state index in [1.807, 2.05) is 18.2 Å². The maximum absolute atomic E-state index is 13.0. The lowest BCUT2D eigenvalue weighted by Crippen LogP contribution is -2.49. The predicted octanol–water partition coefficient (Wildman–Crippen LogP) is 2.78. The summed E-state index contributed by atoms with van der Waals surface area (Å²) in [5.74, 6) is -3.27. The molecule has 0 aliphatic carbocycles. The van der Waals surface area contributed by atoms with Crippen molar-refractivity contribution in [3.05, 3.63) is 95.9 Å². The van der Waals surface area contributed by atoms with Crippen molar-refractivity contribution in [1.29, 1.82) is 0 Å². The van der Waals surface area contributed by atoms with Gasteiger partial charge in [-0.1, -0.05) is 54.6 Å². The number of hydrogen-bond donors (Lipinski definition) is 3. The molecular weight excluding hydrogens is 667 g/mol. The molecule has 3 rings (SSSR count). The highest BCUT2D eigenvalue weighted by molar-refractivity contribution is 7.98. The molecule has 0 fully saturated rings. The van der Waals surface area contributed by atoms with Gasteiger partial charge in [0.25, 0.3) is 0 Å². The molecule has 3 amide bonds. The van der Waals surface area contributed by atoms with Crippen LogP contribution < -0.4 is 31.9 Å². The van der Waals surface area contributed by atoms with Crippen LogP contribution in [0.4, 0.5) is 0 Å². The fourth-order valence-electron chi connectivity index (χ4n) is 5.36. The quantitative estimate of drug-likeness (QED) is 0.0525. The topological polar surface area (TPSA) is 169 Å². The minimum absolute atomic E-state index is 0.0928. The lowest BCUT2D eigenvalue weighted by molar-refractivity contribution is -0.145. The molecule has 3 aromatic carbocycles. The zero-order chi connectivity index (χ0) is 35.5. The van der Waals surface area contributed by atoms with Gasteiger partial charge in [-0.15, -0.1) is 4.91 Å². The molecule has 0 aromatic heterocycles. The molecule has 0 aliphatic rings. The number of ether oxygens (including phenoxy) is 2. The average Bonchev–Trinajstić information content (AvgIpc) is 3.14. The van der Waals surface area contributed by atoms with Gasteiger partial charge in [-0.3, -0.25) is 19.2 Å². The molecule has 49 heavy (non-hydrogen) atoms. The summed E-state index contributed by atoms with van der Waals surface area (Å²) < 4.78 is 12.0. The number of carbonyl (C=O) groups is 5. The van der Waals surface area contributed by atoms with E-state index >= 15 is 0 Å². The molecule has 3 aromatic rings. The number of nitrogens with zero attached hydrogens (tertiary/aromatic N) is 1. The van der Waals surface area contributed by atoms with Gasteiger partial charge in [0, 0.05) is 35.1 Å². The molecule has 3 N–H and O–H groups in total. The van der Waals surface area contributed by atoms with Crippen molar-refractivity contribution in [2.45, 2.75) is 44.2 Å². The van der Waals surface area contributed by atoms with E-state index in [0.717, 1.165) is 19.7 Å². The van der Waals surface area contributed by atoms with Gasteiger partial charge in [0.2, 0.25) is 17.7 Å². The van der Waals surface area contributed by atoms with Crippen LogP contribution in [0.5, 0.6) is 0 Å². The van der Waals surface area contributed by atoms with Gasteiger partial charge in [0.15, 0.2) is 0 Å². The molecule has 2 atom stereocenters. The zero-order valence-electron chi connectivity index (χ0n) is 27.5. The highest BCUT2D eigenvalue weighted by atomic mass is 32.2. The molecule has 0 bridgehead atoms. The Balaban J connectivity index is 1.62. The molecule has 260 valence electrons. The van der Waals surface area contributed by atoms with E-state index in [1.54, 1.807) is 0 Å². The molecule has 0 aliphatic heterocycles. The monoisotopic (exact) mass is 709 g/mol. The van der Waals surface area contributed by atoms with Gasteiger partial charge in [-0.05, 0) is 55.7 Å². The Hall–Kier alpha value is -4.61. The molecule has 0 unspecified atom stereocenters. The van der Waals surface area contributed by atoms with Crippen LogP contribution in [-0.2, 0) is 33.4 Å². The van der Waals surface area contributed by atoms with Crippen molar-refractivity contribution in [3.8, 4) is 0 Å². The molecule has 0 heterocycles. The third-order valence-corrected chi connectivity index (χ3v) is 12.9. The van der Waals surface area contributed by atoms with Crippen LogP contribution in [0.15, 0.2) is 95.6 Å².